The molecule has 0 aliphatic rings. The van der Waals surface area contributed by atoms with Crippen LogP contribution >= 0.6 is 0 Å². The first kappa shape index (κ1) is 15.4. The van der Waals surface area contributed by atoms with E-state index in [-0.39, 0.29) is 6.61 Å². The molecule has 0 unspecified atom stereocenters. The van der Waals surface area contributed by atoms with Crippen molar-refractivity contribution in [2.24, 2.45) is 0 Å². The van der Waals surface area contributed by atoms with Gasteiger partial charge in [0.25, 0.3) is 0 Å². The second kappa shape index (κ2) is 7.70. The standard InChI is InChI=1S/C11H22N6O2/c1-12-9-13-10(16(2)3)15-11(14-9)17(5-7-18)6-8-19-4/h18H,5-8H2,1-4H3,(H,12,13,14,15). The third-order valence-electron chi connectivity index (χ3n) is 2.45. The molecule has 8 nitrogen and oxygen atoms in total. The van der Waals surface area contributed by atoms with E-state index in [1.54, 1.807) is 19.1 Å². The monoisotopic (exact) mass is 270 g/mol. The van der Waals surface area contributed by atoms with Crippen molar-refractivity contribution >= 4 is 17.8 Å². The minimum absolute atomic E-state index is 0.0293. The van der Waals surface area contributed by atoms with E-state index < -0.39 is 0 Å². The average Bonchev–Trinajstić information content (AvgIpc) is 2.42. The van der Waals surface area contributed by atoms with Gasteiger partial charge in [0.05, 0.1) is 13.2 Å². The highest BCUT2D eigenvalue weighted by Gasteiger charge is 2.13. The number of nitrogens with zero attached hydrogens (tertiary/aromatic N) is 5. The van der Waals surface area contributed by atoms with Gasteiger partial charge in [0, 0.05) is 41.3 Å². The Labute approximate surface area is 113 Å². The maximum absolute atomic E-state index is 9.12. The fraction of sp³-hybridized carbons (Fsp3) is 0.727. The molecule has 1 rings (SSSR count). The zero-order valence-corrected chi connectivity index (χ0v) is 11.9. The van der Waals surface area contributed by atoms with Gasteiger partial charge < -0.3 is 25.0 Å². The van der Waals surface area contributed by atoms with Crippen molar-refractivity contribution in [1.82, 2.24) is 15.0 Å². The molecule has 0 aromatic carbocycles. The summed E-state index contributed by atoms with van der Waals surface area (Å²) < 4.78 is 5.05. The SMILES string of the molecule is CNc1nc(N(C)C)nc(N(CCO)CCOC)n1. The normalized spacial score (nSPS) is 10.4. The van der Waals surface area contributed by atoms with E-state index in [1.807, 2.05) is 19.0 Å². The lowest BCUT2D eigenvalue weighted by molar-refractivity contribution is 0.202. The molecule has 1 aromatic rings. The Kier molecular flexibility index (Phi) is 6.23. The number of hydrogen-bond donors (Lipinski definition) is 2. The van der Waals surface area contributed by atoms with E-state index in [1.165, 1.54) is 0 Å². The number of anilines is 3. The van der Waals surface area contributed by atoms with Crippen molar-refractivity contribution in [3.8, 4) is 0 Å². The molecule has 0 atom stereocenters. The smallest absolute Gasteiger partial charge is 0.232 e. The van der Waals surface area contributed by atoms with Gasteiger partial charge in [-0.2, -0.15) is 15.0 Å². The molecule has 1 aromatic heterocycles. The van der Waals surface area contributed by atoms with E-state index in [0.717, 1.165) is 0 Å². The molecule has 0 aliphatic heterocycles. The Hall–Kier alpha value is -1.67. The summed E-state index contributed by atoms with van der Waals surface area (Å²) in [5.41, 5.74) is 0. The molecule has 0 fully saturated rings. The van der Waals surface area contributed by atoms with Gasteiger partial charge in [-0.3, -0.25) is 0 Å². The van der Waals surface area contributed by atoms with Crippen molar-refractivity contribution in [3.05, 3.63) is 0 Å². The van der Waals surface area contributed by atoms with Gasteiger partial charge in [0.15, 0.2) is 0 Å². The van der Waals surface area contributed by atoms with Crippen molar-refractivity contribution in [2.75, 3.05) is 69.7 Å². The molecular weight excluding hydrogens is 248 g/mol. The summed E-state index contributed by atoms with van der Waals surface area (Å²) in [6.07, 6.45) is 0. The van der Waals surface area contributed by atoms with Crippen LogP contribution in [0.25, 0.3) is 0 Å². The number of aliphatic hydroxyl groups is 1. The van der Waals surface area contributed by atoms with Crippen molar-refractivity contribution in [1.29, 1.82) is 0 Å². The highest BCUT2D eigenvalue weighted by atomic mass is 16.5. The van der Waals surface area contributed by atoms with Crippen LogP contribution in [0, 0.1) is 0 Å². The van der Waals surface area contributed by atoms with Gasteiger partial charge in [-0.05, 0) is 0 Å². The molecule has 0 aliphatic carbocycles. The van der Waals surface area contributed by atoms with E-state index in [0.29, 0.717) is 37.5 Å². The lowest BCUT2D eigenvalue weighted by Gasteiger charge is -2.22. The van der Waals surface area contributed by atoms with Crippen LogP contribution in [0.1, 0.15) is 0 Å². The zero-order chi connectivity index (χ0) is 14.3. The average molecular weight is 270 g/mol. The van der Waals surface area contributed by atoms with Crippen LogP contribution in [-0.4, -0.2) is 74.6 Å². The van der Waals surface area contributed by atoms with Crippen LogP contribution in [0.5, 0.6) is 0 Å². The number of methoxy groups -OCH3 is 1. The lowest BCUT2D eigenvalue weighted by atomic mass is 10.5. The topological polar surface area (TPSA) is 86.6 Å². The first-order valence-electron chi connectivity index (χ1n) is 6.08. The molecule has 0 amide bonds. The number of rotatable bonds is 8. The third-order valence-corrected chi connectivity index (χ3v) is 2.45. The van der Waals surface area contributed by atoms with Gasteiger partial charge in [0.2, 0.25) is 17.8 Å². The number of hydrogen-bond acceptors (Lipinski definition) is 8. The van der Waals surface area contributed by atoms with Gasteiger partial charge in [-0.15, -0.1) is 0 Å². The number of aliphatic hydroxyl groups excluding tert-OH is 1. The van der Waals surface area contributed by atoms with Crippen LogP contribution < -0.4 is 15.1 Å². The molecular formula is C11H22N6O2. The summed E-state index contributed by atoms with van der Waals surface area (Å²) in [4.78, 5) is 16.6. The summed E-state index contributed by atoms with van der Waals surface area (Å²) in [6, 6.07) is 0. The molecule has 19 heavy (non-hydrogen) atoms. The maximum Gasteiger partial charge on any atom is 0.232 e. The second-order valence-corrected chi connectivity index (χ2v) is 4.11. The van der Waals surface area contributed by atoms with Crippen molar-refractivity contribution in [2.45, 2.75) is 0 Å². The zero-order valence-electron chi connectivity index (χ0n) is 11.9. The molecule has 0 radical (unpaired) electrons. The Morgan fingerprint density at radius 2 is 1.84 bits per heavy atom. The summed E-state index contributed by atoms with van der Waals surface area (Å²) in [5.74, 6) is 1.58. The quantitative estimate of drug-likeness (QED) is 0.649. The van der Waals surface area contributed by atoms with Crippen LogP contribution in [0.2, 0.25) is 0 Å². The predicted molar refractivity (Wildman–Crippen MR) is 74.9 cm³/mol. The Bertz CT molecular complexity index is 387. The maximum atomic E-state index is 9.12. The minimum Gasteiger partial charge on any atom is -0.395 e. The van der Waals surface area contributed by atoms with E-state index in [9.17, 15) is 0 Å². The molecule has 0 saturated heterocycles. The fourth-order valence-corrected chi connectivity index (χ4v) is 1.44. The number of ether oxygens (including phenoxy) is 1. The van der Waals surface area contributed by atoms with Crippen LogP contribution in [0.4, 0.5) is 17.8 Å². The lowest BCUT2D eigenvalue weighted by Crippen LogP contribution is -2.32. The van der Waals surface area contributed by atoms with Crippen LogP contribution in [-0.2, 0) is 4.74 Å². The van der Waals surface area contributed by atoms with E-state index in [4.69, 9.17) is 9.84 Å². The van der Waals surface area contributed by atoms with Gasteiger partial charge >= 0.3 is 0 Å². The second-order valence-electron chi connectivity index (χ2n) is 4.11. The predicted octanol–water partition coefficient (Wildman–Crippen LogP) is -0.576. The largest absolute Gasteiger partial charge is 0.395 e. The highest BCUT2D eigenvalue weighted by molar-refractivity contribution is 5.44. The van der Waals surface area contributed by atoms with E-state index in [2.05, 4.69) is 20.3 Å². The minimum atomic E-state index is 0.0293. The summed E-state index contributed by atoms with van der Waals surface area (Å²) in [7, 11) is 7.12. The molecule has 1 heterocycles. The van der Waals surface area contributed by atoms with Gasteiger partial charge in [-0.1, -0.05) is 0 Å². The molecule has 0 saturated carbocycles. The van der Waals surface area contributed by atoms with Crippen LogP contribution in [0.15, 0.2) is 0 Å². The molecule has 8 heteroatoms. The third kappa shape index (κ3) is 4.49. The van der Waals surface area contributed by atoms with Crippen molar-refractivity contribution in [3.63, 3.8) is 0 Å². The summed E-state index contributed by atoms with van der Waals surface area (Å²) in [5, 5.41) is 12.0. The van der Waals surface area contributed by atoms with Crippen molar-refractivity contribution < 1.29 is 9.84 Å². The van der Waals surface area contributed by atoms with E-state index >= 15 is 0 Å². The molecule has 2 N–H and O–H groups in total. The Balaban J connectivity index is 3.02. The number of aromatic nitrogens is 3. The Morgan fingerprint density at radius 3 is 2.37 bits per heavy atom. The molecule has 0 bridgehead atoms. The van der Waals surface area contributed by atoms with Gasteiger partial charge in [-0.25, -0.2) is 0 Å². The molecule has 108 valence electrons. The van der Waals surface area contributed by atoms with Crippen LogP contribution in [0.3, 0.4) is 0 Å². The summed E-state index contributed by atoms with van der Waals surface area (Å²) >= 11 is 0. The molecule has 0 spiro atoms. The highest BCUT2D eigenvalue weighted by Crippen LogP contribution is 2.14. The number of nitrogens with one attached hydrogen (secondary N) is 1. The summed E-state index contributed by atoms with van der Waals surface area (Å²) in [6.45, 7) is 1.62. The fourth-order valence-electron chi connectivity index (χ4n) is 1.44. The first-order valence-corrected chi connectivity index (χ1v) is 6.08. The van der Waals surface area contributed by atoms with Gasteiger partial charge in [0.1, 0.15) is 0 Å². The Morgan fingerprint density at radius 1 is 1.16 bits per heavy atom. The first-order chi connectivity index (χ1) is 9.12.